The van der Waals surface area contributed by atoms with E-state index in [9.17, 15) is 4.80 Å². The van der Waals surface area contributed by atoms with Crippen LogP contribution < -0.4 is 0 Å². The molecule has 0 saturated heterocycles. The Morgan fingerprint density at radius 2 is 1.86 bits per heavy atom. The molecule has 0 bridgehead atoms. The van der Waals surface area contributed by atoms with E-state index in [0.29, 0.717) is 22.6 Å². The summed E-state index contributed by atoms with van der Waals surface area (Å²) in [4.78, 5) is 18.8. The molecule has 2 rings (SSSR count). The van der Waals surface area contributed by atoms with Crippen molar-refractivity contribution in [3.05, 3.63) is 46.4 Å². The molecule has 7 heteroatoms. The minimum atomic E-state index is -2.37. The van der Waals surface area contributed by atoms with Crippen molar-refractivity contribution < 1.29 is 9.21 Å². The molecular formula is C15H20Cl2N2O2Si. The van der Waals surface area contributed by atoms with Gasteiger partial charge in [0.05, 0.1) is 12.1 Å². The maximum Gasteiger partial charge on any atom is 0.201 e. The average Bonchev–Trinajstić information content (AvgIpc) is 2.86. The Morgan fingerprint density at radius 3 is 2.32 bits per heavy atom. The van der Waals surface area contributed by atoms with Crippen molar-refractivity contribution in [1.82, 2.24) is 9.97 Å². The summed E-state index contributed by atoms with van der Waals surface area (Å²) in [5.74, 6) is 0.451. The zero-order valence-corrected chi connectivity index (χ0v) is 15.6. The van der Waals surface area contributed by atoms with Crippen LogP contribution in [0.1, 0.15) is 37.6 Å². The van der Waals surface area contributed by atoms with Crippen molar-refractivity contribution in [1.29, 1.82) is 0 Å². The van der Waals surface area contributed by atoms with Gasteiger partial charge in [-0.3, -0.25) is 0 Å². The fourth-order valence-electron chi connectivity index (χ4n) is 2.20. The van der Waals surface area contributed by atoms with Crippen molar-refractivity contribution in [2.75, 3.05) is 0 Å². The summed E-state index contributed by atoms with van der Waals surface area (Å²) in [5, 5.41) is 0.420. The topological polar surface area (TPSA) is 59.2 Å². The van der Waals surface area contributed by atoms with Gasteiger partial charge in [0.15, 0.2) is 8.32 Å². The van der Waals surface area contributed by atoms with Crippen molar-refractivity contribution in [3.8, 4) is 0 Å². The first-order valence-electron chi connectivity index (χ1n) is 7.05. The first kappa shape index (κ1) is 17.5. The van der Waals surface area contributed by atoms with Gasteiger partial charge in [-0.15, -0.1) is 0 Å². The van der Waals surface area contributed by atoms with E-state index in [-0.39, 0.29) is 11.0 Å². The SMILES string of the molecule is CC(C)(CC(c1cc(Cl)nc(Cl)c1)c1ncco1)[Si](C)(C)O. The molecule has 22 heavy (non-hydrogen) atoms. The number of rotatable bonds is 5. The van der Waals surface area contributed by atoms with E-state index in [1.54, 1.807) is 24.6 Å². The van der Waals surface area contributed by atoms with E-state index in [1.807, 2.05) is 13.1 Å². The number of pyridine rings is 1. The fraction of sp³-hybridized carbons (Fsp3) is 0.467. The highest BCUT2D eigenvalue weighted by atomic mass is 35.5. The summed E-state index contributed by atoms with van der Waals surface area (Å²) < 4.78 is 5.50. The molecule has 1 N–H and O–H groups in total. The minimum absolute atomic E-state index is 0.137. The highest BCUT2D eigenvalue weighted by Crippen LogP contribution is 2.46. The number of hydrogen-bond acceptors (Lipinski definition) is 4. The molecule has 0 fully saturated rings. The highest BCUT2D eigenvalue weighted by Gasteiger charge is 2.41. The van der Waals surface area contributed by atoms with Crippen molar-refractivity contribution in [3.63, 3.8) is 0 Å². The van der Waals surface area contributed by atoms with E-state index in [2.05, 4.69) is 23.8 Å². The van der Waals surface area contributed by atoms with Crippen LogP contribution in [0.3, 0.4) is 0 Å². The Bertz CT molecular complexity index is 619. The Hall–Kier alpha value is -0.883. The molecule has 1 unspecified atom stereocenters. The largest absolute Gasteiger partial charge is 0.448 e. The summed E-state index contributed by atoms with van der Waals surface area (Å²) >= 11 is 12.1. The third kappa shape index (κ3) is 3.90. The van der Waals surface area contributed by atoms with Crippen LogP contribution in [0.4, 0.5) is 0 Å². The molecule has 120 valence electrons. The van der Waals surface area contributed by atoms with Gasteiger partial charge in [0.1, 0.15) is 16.6 Å². The smallest absolute Gasteiger partial charge is 0.201 e. The van der Waals surface area contributed by atoms with Crippen LogP contribution in [-0.4, -0.2) is 23.1 Å². The van der Waals surface area contributed by atoms with Gasteiger partial charge in [-0.1, -0.05) is 37.0 Å². The summed E-state index contributed by atoms with van der Waals surface area (Å²) in [6.45, 7) is 8.01. The average molecular weight is 359 g/mol. The lowest BCUT2D eigenvalue weighted by atomic mass is 9.90. The predicted octanol–water partition coefficient (Wildman–Crippen LogP) is 4.88. The van der Waals surface area contributed by atoms with Crippen LogP contribution >= 0.6 is 23.2 Å². The molecule has 0 amide bonds. The molecule has 0 aliphatic rings. The van der Waals surface area contributed by atoms with Crippen LogP contribution in [0.25, 0.3) is 0 Å². The van der Waals surface area contributed by atoms with Gasteiger partial charge >= 0.3 is 0 Å². The zero-order chi connectivity index (χ0) is 16.5. The lowest BCUT2D eigenvalue weighted by Crippen LogP contribution is -2.40. The third-order valence-corrected chi connectivity index (χ3v) is 8.21. The molecule has 0 aliphatic carbocycles. The Kier molecular flexibility index (Phi) is 5.02. The number of nitrogens with zero attached hydrogens (tertiary/aromatic N) is 2. The number of oxazole rings is 1. The van der Waals surface area contributed by atoms with Crippen LogP contribution in [0, 0.1) is 0 Å². The van der Waals surface area contributed by atoms with E-state index < -0.39 is 8.32 Å². The molecule has 0 saturated carbocycles. The van der Waals surface area contributed by atoms with Gasteiger partial charge in [0.25, 0.3) is 0 Å². The first-order chi connectivity index (χ1) is 10.1. The van der Waals surface area contributed by atoms with E-state index in [4.69, 9.17) is 27.6 Å². The Labute approximate surface area is 141 Å². The lowest BCUT2D eigenvalue weighted by molar-refractivity contribution is 0.397. The lowest BCUT2D eigenvalue weighted by Gasteiger charge is -2.37. The van der Waals surface area contributed by atoms with Crippen LogP contribution in [-0.2, 0) is 0 Å². The molecule has 2 aromatic rings. The van der Waals surface area contributed by atoms with Crippen molar-refractivity contribution in [2.24, 2.45) is 0 Å². The van der Waals surface area contributed by atoms with E-state index in [0.717, 1.165) is 5.56 Å². The number of aromatic nitrogens is 2. The summed E-state index contributed by atoms with van der Waals surface area (Å²) in [5.41, 5.74) is 0.888. The first-order valence-corrected chi connectivity index (χ1v) is 10.8. The number of hydrogen-bond donors (Lipinski definition) is 1. The molecular weight excluding hydrogens is 339 g/mol. The summed E-state index contributed by atoms with van der Waals surface area (Å²) in [6, 6.07) is 3.54. The summed E-state index contributed by atoms with van der Waals surface area (Å²) in [7, 11) is -2.37. The normalized spacial score (nSPS) is 14.1. The third-order valence-electron chi connectivity index (χ3n) is 4.31. The quantitative estimate of drug-likeness (QED) is 0.611. The molecule has 0 aromatic carbocycles. The molecule has 2 aromatic heterocycles. The molecule has 2 heterocycles. The van der Waals surface area contributed by atoms with Gasteiger partial charge in [-0.05, 0) is 42.2 Å². The molecule has 0 spiro atoms. The monoisotopic (exact) mass is 358 g/mol. The standard InChI is InChI=1S/C15H20Cl2N2O2Si/c1-15(2,22(3,4)20)9-11(14-18-5-6-21-14)10-7-12(16)19-13(17)8-10/h5-8,11,20H,9H2,1-4H3. The number of halogens is 2. The maximum atomic E-state index is 10.6. The van der Waals surface area contributed by atoms with Gasteiger partial charge in [0, 0.05) is 0 Å². The van der Waals surface area contributed by atoms with E-state index in [1.165, 1.54) is 0 Å². The van der Waals surface area contributed by atoms with Gasteiger partial charge in [-0.25, -0.2) is 9.97 Å². The van der Waals surface area contributed by atoms with Crippen LogP contribution in [0.15, 0.2) is 29.0 Å². The molecule has 1 atom stereocenters. The molecule has 0 radical (unpaired) electrons. The maximum absolute atomic E-state index is 10.6. The van der Waals surface area contributed by atoms with Gasteiger partial charge in [-0.2, -0.15) is 0 Å². The minimum Gasteiger partial charge on any atom is -0.448 e. The Balaban J connectivity index is 2.45. The molecule has 4 nitrogen and oxygen atoms in total. The van der Waals surface area contributed by atoms with Crippen molar-refractivity contribution >= 4 is 31.5 Å². The van der Waals surface area contributed by atoms with Crippen LogP contribution in [0.2, 0.25) is 28.4 Å². The van der Waals surface area contributed by atoms with Crippen molar-refractivity contribution in [2.45, 2.75) is 44.3 Å². The summed E-state index contributed by atoms with van der Waals surface area (Å²) in [6.07, 6.45) is 3.84. The second-order valence-electron chi connectivity index (χ2n) is 6.62. The zero-order valence-electron chi connectivity index (χ0n) is 13.1. The van der Waals surface area contributed by atoms with Gasteiger partial charge < -0.3 is 9.21 Å². The highest BCUT2D eigenvalue weighted by molar-refractivity contribution is 6.72. The van der Waals surface area contributed by atoms with E-state index >= 15 is 0 Å². The molecule has 0 aliphatic heterocycles. The fourth-order valence-corrected chi connectivity index (χ4v) is 3.38. The second-order valence-corrected chi connectivity index (χ2v) is 11.9. The predicted molar refractivity (Wildman–Crippen MR) is 91.0 cm³/mol. The second kappa shape index (κ2) is 6.32. The van der Waals surface area contributed by atoms with Crippen LogP contribution in [0.5, 0.6) is 0 Å². The Morgan fingerprint density at radius 1 is 1.27 bits per heavy atom. The van der Waals surface area contributed by atoms with Gasteiger partial charge in [0.2, 0.25) is 5.89 Å².